The fraction of sp³-hybridized carbons (Fsp3) is 1.00. The molecule has 0 aliphatic carbocycles. The van der Waals surface area contributed by atoms with Crippen LogP contribution in [0.15, 0.2) is 0 Å². The third kappa shape index (κ3) is 5.63. The number of alkyl halides is 1. The van der Waals surface area contributed by atoms with E-state index >= 15 is 0 Å². The second-order valence-electron chi connectivity index (χ2n) is 2.72. The molecule has 0 aromatic rings. The number of halogens is 1. The summed E-state index contributed by atoms with van der Waals surface area (Å²) < 4.78 is 0.470. The van der Waals surface area contributed by atoms with Gasteiger partial charge in [0.25, 0.3) is 0 Å². The van der Waals surface area contributed by atoms with Crippen LogP contribution in [0.3, 0.4) is 0 Å². The minimum atomic E-state index is 0. The summed E-state index contributed by atoms with van der Waals surface area (Å²) in [5.74, 6) is 0.785. The molecule has 0 atom stereocenters. The Morgan fingerprint density at radius 3 is 1.50 bits per heavy atom. The SMILES string of the molecule is CC(C)C(C)(C)I.[H-].[H-].[Mg+2]. The molecule has 0 bridgehead atoms. The first-order valence-electron chi connectivity index (χ1n) is 2.63. The van der Waals surface area contributed by atoms with Gasteiger partial charge in [0.1, 0.15) is 0 Å². The van der Waals surface area contributed by atoms with Crippen LogP contribution in [-0.4, -0.2) is 26.5 Å². The van der Waals surface area contributed by atoms with Crippen LogP contribution in [0.25, 0.3) is 0 Å². The predicted molar refractivity (Wildman–Crippen MR) is 50.9 cm³/mol. The Balaban J connectivity index is -0.0000000600. The van der Waals surface area contributed by atoms with E-state index in [4.69, 9.17) is 0 Å². The topological polar surface area (TPSA) is 0 Å². The molecule has 0 aromatic heterocycles. The average Bonchev–Trinajstić information content (AvgIpc) is 1.31. The Morgan fingerprint density at radius 2 is 1.50 bits per heavy atom. The third-order valence-corrected chi connectivity index (χ3v) is 2.62. The van der Waals surface area contributed by atoms with Crippen LogP contribution in [-0.2, 0) is 0 Å². The molecule has 0 rings (SSSR count). The molecule has 2 heteroatoms. The molecular weight excluding hydrogens is 223 g/mol. The van der Waals surface area contributed by atoms with E-state index in [0.29, 0.717) is 3.42 Å². The minimum absolute atomic E-state index is 0. The van der Waals surface area contributed by atoms with Crippen molar-refractivity contribution in [2.45, 2.75) is 31.1 Å². The van der Waals surface area contributed by atoms with Crippen LogP contribution >= 0.6 is 22.6 Å². The van der Waals surface area contributed by atoms with E-state index in [2.05, 4.69) is 50.3 Å². The van der Waals surface area contributed by atoms with Gasteiger partial charge in [-0.2, -0.15) is 0 Å². The molecule has 0 aliphatic rings. The summed E-state index contributed by atoms with van der Waals surface area (Å²) in [5, 5.41) is 0. The first kappa shape index (κ1) is 12.2. The van der Waals surface area contributed by atoms with Crippen LogP contribution in [0.5, 0.6) is 0 Å². The monoisotopic (exact) mass is 238 g/mol. The van der Waals surface area contributed by atoms with Crippen molar-refractivity contribution in [2.75, 3.05) is 0 Å². The van der Waals surface area contributed by atoms with Gasteiger partial charge in [0.2, 0.25) is 0 Å². The first-order valence-corrected chi connectivity index (χ1v) is 3.71. The predicted octanol–water partition coefficient (Wildman–Crippen LogP) is 2.70. The summed E-state index contributed by atoms with van der Waals surface area (Å²) in [4.78, 5) is 0. The van der Waals surface area contributed by atoms with Crippen molar-refractivity contribution >= 4 is 45.6 Å². The maximum atomic E-state index is 2.47. The Morgan fingerprint density at radius 1 is 1.38 bits per heavy atom. The molecule has 0 radical (unpaired) electrons. The molecule has 0 spiro atoms. The van der Waals surface area contributed by atoms with E-state index in [9.17, 15) is 0 Å². The van der Waals surface area contributed by atoms with Crippen LogP contribution in [0, 0.1) is 5.92 Å². The summed E-state index contributed by atoms with van der Waals surface area (Å²) in [6.45, 7) is 8.98. The van der Waals surface area contributed by atoms with Gasteiger partial charge in [-0.1, -0.05) is 50.3 Å². The average molecular weight is 238 g/mol. The van der Waals surface area contributed by atoms with Gasteiger partial charge in [-0.3, -0.25) is 0 Å². The second kappa shape index (κ2) is 4.33. The van der Waals surface area contributed by atoms with E-state index in [1.54, 1.807) is 0 Å². The molecule has 48 valence electrons. The normalized spacial score (nSPS) is 11.2. The van der Waals surface area contributed by atoms with Gasteiger partial charge in [0, 0.05) is 3.42 Å². The minimum Gasteiger partial charge on any atom is -1.00 e. The Bertz CT molecular complexity index is 61.3. The summed E-state index contributed by atoms with van der Waals surface area (Å²) >= 11 is 2.47. The zero-order valence-electron chi connectivity index (χ0n) is 8.16. The van der Waals surface area contributed by atoms with Crippen molar-refractivity contribution < 1.29 is 2.85 Å². The van der Waals surface area contributed by atoms with E-state index in [0.717, 1.165) is 5.92 Å². The van der Waals surface area contributed by atoms with E-state index in [1.165, 1.54) is 0 Å². The number of rotatable bonds is 1. The van der Waals surface area contributed by atoms with Crippen molar-refractivity contribution in [2.24, 2.45) is 5.92 Å². The molecule has 0 aromatic carbocycles. The van der Waals surface area contributed by atoms with Gasteiger partial charge in [0.15, 0.2) is 0 Å². The molecule has 0 nitrogen and oxygen atoms in total. The molecule has 0 amide bonds. The molecule has 0 saturated heterocycles. The van der Waals surface area contributed by atoms with Gasteiger partial charge in [-0.15, -0.1) is 0 Å². The molecule has 0 saturated carbocycles. The maximum Gasteiger partial charge on any atom is 2.00 e. The summed E-state index contributed by atoms with van der Waals surface area (Å²) in [7, 11) is 0. The molecule has 0 unspecified atom stereocenters. The zero-order chi connectivity index (χ0) is 6.08. The molecule has 0 fully saturated rings. The van der Waals surface area contributed by atoms with Crippen LogP contribution in [0.2, 0.25) is 0 Å². The van der Waals surface area contributed by atoms with Gasteiger partial charge in [-0.05, 0) is 5.92 Å². The van der Waals surface area contributed by atoms with E-state index in [1.807, 2.05) is 0 Å². The van der Waals surface area contributed by atoms with Crippen molar-refractivity contribution in [3.8, 4) is 0 Å². The molecule has 8 heavy (non-hydrogen) atoms. The molecule has 0 N–H and O–H groups in total. The maximum absolute atomic E-state index is 2.47. The first-order chi connectivity index (χ1) is 2.94. The van der Waals surface area contributed by atoms with Crippen molar-refractivity contribution in [3.05, 3.63) is 0 Å². The van der Waals surface area contributed by atoms with E-state index in [-0.39, 0.29) is 25.9 Å². The van der Waals surface area contributed by atoms with Crippen molar-refractivity contribution in [1.29, 1.82) is 0 Å². The summed E-state index contributed by atoms with van der Waals surface area (Å²) in [5.41, 5.74) is 0. The van der Waals surface area contributed by atoms with Gasteiger partial charge >= 0.3 is 23.1 Å². The van der Waals surface area contributed by atoms with Gasteiger partial charge < -0.3 is 2.85 Å². The largest absolute Gasteiger partial charge is 2.00 e. The van der Waals surface area contributed by atoms with Gasteiger partial charge in [-0.25, -0.2) is 0 Å². The standard InChI is InChI=1S/C6H13I.Mg.2H/c1-5(2)6(3,4)7;;;/h5H,1-4H3;;;/q;+2;2*-1. The molecule has 0 heterocycles. The fourth-order valence-corrected chi connectivity index (χ4v) is 0. The summed E-state index contributed by atoms with van der Waals surface area (Å²) in [6, 6.07) is 0. The fourth-order valence-electron chi connectivity index (χ4n) is 0. The van der Waals surface area contributed by atoms with Crippen LogP contribution in [0.1, 0.15) is 30.5 Å². The van der Waals surface area contributed by atoms with Crippen LogP contribution in [0.4, 0.5) is 0 Å². The van der Waals surface area contributed by atoms with E-state index < -0.39 is 0 Å². The van der Waals surface area contributed by atoms with Crippen molar-refractivity contribution in [3.63, 3.8) is 0 Å². The Labute approximate surface area is 85.1 Å². The molecular formula is C6H15IMg. The second-order valence-corrected chi connectivity index (χ2v) is 5.50. The van der Waals surface area contributed by atoms with Crippen molar-refractivity contribution in [1.82, 2.24) is 0 Å². The summed E-state index contributed by atoms with van der Waals surface area (Å²) in [6.07, 6.45) is 0. The van der Waals surface area contributed by atoms with Crippen LogP contribution < -0.4 is 0 Å². The Kier molecular flexibility index (Phi) is 6.61. The Hall–Kier alpha value is 1.50. The smallest absolute Gasteiger partial charge is 1.00 e. The zero-order valence-corrected chi connectivity index (χ0v) is 9.73. The number of hydrogen-bond donors (Lipinski definition) is 0. The quantitative estimate of drug-likeness (QED) is 0.374. The number of hydrogen-bond acceptors (Lipinski definition) is 0. The third-order valence-electron chi connectivity index (χ3n) is 1.37. The van der Waals surface area contributed by atoms with Gasteiger partial charge in [0.05, 0.1) is 0 Å². The molecule has 0 aliphatic heterocycles.